The Balaban J connectivity index is 1.60. The summed E-state index contributed by atoms with van der Waals surface area (Å²) in [6.07, 6.45) is 2.51. The lowest BCUT2D eigenvalue weighted by molar-refractivity contribution is 0.00994. The fraction of sp³-hybridized carbons (Fsp3) is 0.500. The Bertz CT molecular complexity index is 1020. The number of carbonyl (C=O) groups excluding carboxylic acids is 2. The molecule has 1 aliphatic carbocycles. The van der Waals surface area contributed by atoms with E-state index >= 15 is 0 Å². The average Bonchev–Trinajstić information content (AvgIpc) is 3.69. The molecule has 0 saturated heterocycles. The van der Waals surface area contributed by atoms with Crippen molar-refractivity contribution in [2.45, 2.75) is 38.8 Å². The van der Waals surface area contributed by atoms with Crippen LogP contribution in [0.4, 0.5) is 5.69 Å². The molecule has 2 aromatic rings. The van der Waals surface area contributed by atoms with Crippen molar-refractivity contribution in [1.29, 1.82) is 0 Å². The quantitative estimate of drug-likeness (QED) is 0.698. The number of methoxy groups -OCH3 is 1. The molecule has 188 valence electrons. The fourth-order valence-corrected chi connectivity index (χ4v) is 4.60. The molecule has 2 aromatic carbocycles. The van der Waals surface area contributed by atoms with Crippen LogP contribution in [-0.2, 0) is 4.74 Å². The Morgan fingerprint density at radius 1 is 1.11 bits per heavy atom. The Morgan fingerprint density at radius 3 is 2.54 bits per heavy atom. The van der Waals surface area contributed by atoms with E-state index < -0.39 is 0 Å². The van der Waals surface area contributed by atoms with E-state index in [9.17, 15) is 9.59 Å². The molecule has 0 spiro atoms. The first-order valence-corrected chi connectivity index (χ1v) is 12.5. The van der Waals surface area contributed by atoms with Crippen molar-refractivity contribution in [3.8, 4) is 5.75 Å². The third-order valence-corrected chi connectivity index (χ3v) is 7.06. The number of amides is 2. The van der Waals surface area contributed by atoms with Crippen LogP contribution in [0.25, 0.3) is 0 Å². The summed E-state index contributed by atoms with van der Waals surface area (Å²) in [5.41, 5.74) is 1.64. The Kier molecular flexibility index (Phi) is 8.08. The van der Waals surface area contributed by atoms with Crippen LogP contribution in [0.3, 0.4) is 0 Å². The number of rotatable bonds is 5. The molecule has 3 atom stereocenters. The number of anilines is 1. The van der Waals surface area contributed by atoms with E-state index in [1.165, 1.54) is 12.8 Å². The van der Waals surface area contributed by atoms with Gasteiger partial charge in [0, 0.05) is 57.2 Å². The zero-order valence-electron chi connectivity index (χ0n) is 21.2. The zero-order valence-corrected chi connectivity index (χ0v) is 21.2. The number of ether oxygens (including phenoxy) is 2. The van der Waals surface area contributed by atoms with Crippen LogP contribution in [0.2, 0.25) is 0 Å². The predicted molar refractivity (Wildman–Crippen MR) is 137 cm³/mol. The highest BCUT2D eigenvalue weighted by molar-refractivity contribution is 6.05. The first kappa shape index (κ1) is 25.2. The number of fused-ring (bicyclic) bond motifs is 1. The summed E-state index contributed by atoms with van der Waals surface area (Å²) < 4.78 is 12.1. The number of benzene rings is 2. The van der Waals surface area contributed by atoms with E-state index in [2.05, 4.69) is 24.1 Å². The normalized spacial score (nSPS) is 24.1. The van der Waals surface area contributed by atoms with Crippen molar-refractivity contribution in [2.75, 3.05) is 45.7 Å². The minimum Gasteiger partial charge on any atom is -0.491 e. The lowest BCUT2D eigenvalue weighted by Gasteiger charge is -2.36. The molecule has 0 aromatic heterocycles. The second kappa shape index (κ2) is 11.2. The monoisotopic (exact) mass is 479 g/mol. The molecular formula is C28H37N3O4. The van der Waals surface area contributed by atoms with E-state index in [1.54, 1.807) is 49.4 Å². The molecule has 1 aliphatic heterocycles. The first-order valence-electron chi connectivity index (χ1n) is 12.5. The minimum atomic E-state index is -0.206. The number of nitrogens with zero attached hydrogens (tertiary/aromatic N) is 2. The lowest BCUT2D eigenvalue weighted by atomic mass is 10.0. The standard InChI is InChI=1S/C28H37N3O4/c1-19-15-31(16-21-10-11-21)20(2)18-35-25-14-23(29-27(32)22-8-6-5-7-9-22)12-13-24(25)28(33)30(3)17-26(19)34-4/h5-9,12-14,19-21,26H,10-11,15-18H2,1-4H3,(H,29,32)/t19-,20-,26-/m1/s1. The van der Waals surface area contributed by atoms with Crippen molar-refractivity contribution < 1.29 is 19.1 Å². The van der Waals surface area contributed by atoms with Gasteiger partial charge < -0.3 is 19.7 Å². The van der Waals surface area contributed by atoms with Gasteiger partial charge in [-0.25, -0.2) is 0 Å². The van der Waals surface area contributed by atoms with Gasteiger partial charge in [0.05, 0.1) is 11.7 Å². The minimum absolute atomic E-state index is 0.0638. The van der Waals surface area contributed by atoms with Gasteiger partial charge in [0.15, 0.2) is 0 Å². The maximum absolute atomic E-state index is 13.4. The Hall–Kier alpha value is -2.90. The summed E-state index contributed by atoms with van der Waals surface area (Å²) in [6.45, 7) is 7.27. The van der Waals surface area contributed by atoms with Gasteiger partial charge in [0.1, 0.15) is 12.4 Å². The van der Waals surface area contributed by atoms with Crippen LogP contribution >= 0.6 is 0 Å². The van der Waals surface area contributed by atoms with Gasteiger partial charge in [0.2, 0.25) is 0 Å². The van der Waals surface area contributed by atoms with Gasteiger partial charge in [0.25, 0.3) is 11.8 Å². The van der Waals surface area contributed by atoms with Gasteiger partial charge in [-0.2, -0.15) is 0 Å². The zero-order chi connectivity index (χ0) is 24.9. The summed E-state index contributed by atoms with van der Waals surface area (Å²) in [4.78, 5) is 30.2. The molecule has 0 bridgehead atoms. The molecule has 1 saturated carbocycles. The van der Waals surface area contributed by atoms with Crippen LogP contribution < -0.4 is 10.1 Å². The van der Waals surface area contributed by atoms with Gasteiger partial charge in [-0.05, 0) is 55.9 Å². The van der Waals surface area contributed by atoms with Crippen molar-refractivity contribution in [1.82, 2.24) is 9.80 Å². The predicted octanol–water partition coefficient (Wildman–Crippen LogP) is 4.15. The van der Waals surface area contributed by atoms with E-state index in [1.807, 2.05) is 18.2 Å². The first-order chi connectivity index (χ1) is 16.9. The number of likely N-dealkylation sites (N-methyl/N-ethyl adjacent to an activating group) is 1. The smallest absolute Gasteiger partial charge is 0.257 e. The maximum Gasteiger partial charge on any atom is 0.257 e. The van der Waals surface area contributed by atoms with Crippen LogP contribution in [0.15, 0.2) is 48.5 Å². The molecule has 7 heteroatoms. The van der Waals surface area contributed by atoms with E-state index in [0.717, 1.165) is 19.0 Å². The van der Waals surface area contributed by atoms with E-state index in [-0.39, 0.29) is 29.9 Å². The third kappa shape index (κ3) is 6.41. The molecule has 0 radical (unpaired) electrons. The molecule has 35 heavy (non-hydrogen) atoms. The summed E-state index contributed by atoms with van der Waals surface area (Å²) in [7, 11) is 3.52. The lowest BCUT2D eigenvalue weighted by Crippen LogP contribution is -2.47. The highest BCUT2D eigenvalue weighted by atomic mass is 16.5. The molecule has 2 amide bonds. The van der Waals surface area contributed by atoms with Crippen molar-refractivity contribution >= 4 is 17.5 Å². The van der Waals surface area contributed by atoms with Crippen molar-refractivity contribution in [3.63, 3.8) is 0 Å². The number of carbonyl (C=O) groups is 2. The third-order valence-electron chi connectivity index (χ3n) is 7.06. The largest absolute Gasteiger partial charge is 0.491 e. The number of hydrogen-bond acceptors (Lipinski definition) is 5. The average molecular weight is 480 g/mol. The molecule has 1 fully saturated rings. The van der Waals surface area contributed by atoms with Crippen LogP contribution in [0.5, 0.6) is 5.75 Å². The summed E-state index contributed by atoms with van der Waals surface area (Å²) in [5.74, 6) is 1.18. The molecule has 1 N–H and O–H groups in total. The maximum atomic E-state index is 13.4. The van der Waals surface area contributed by atoms with Gasteiger partial charge in [-0.1, -0.05) is 25.1 Å². The number of hydrogen-bond donors (Lipinski definition) is 1. The molecular weight excluding hydrogens is 442 g/mol. The van der Waals surface area contributed by atoms with Crippen molar-refractivity contribution in [3.05, 3.63) is 59.7 Å². The SMILES string of the molecule is CO[C@@H]1CN(C)C(=O)c2ccc(NC(=O)c3ccccc3)cc2OC[C@@H](C)N(CC2CC2)C[C@H]1C. The fourth-order valence-electron chi connectivity index (χ4n) is 4.60. The van der Waals surface area contributed by atoms with Crippen molar-refractivity contribution in [2.24, 2.45) is 11.8 Å². The summed E-state index contributed by atoms with van der Waals surface area (Å²) in [5, 5.41) is 2.92. The van der Waals surface area contributed by atoms with E-state index in [4.69, 9.17) is 9.47 Å². The number of nitrogens with one attached hydrogen (secondary N) is 1. The highest BCUT2D eigenvalue weighted by Crippen LogP contribution is 2.32. The molecule has 2 aliphatic rings. The van der Waals surface area contributed by atoms with Crippen LogP contribution in [0.1, 0.15) is 47.4 Å². The van der Waals surface area contributed by atoms with E-state index in [0.29, 0.717) is 35.7 Å². The van der Waals surface area contributed by atoms with Crippen LogP contribution in [-0.4, -0.2) is 74.2 Å². The Morgan fingerprint density at radius 2 is 1.86 bits per heavy atom. The van der Waals surface area contributed by atoms with Gasteiger partial charge in [-0.3, -0.25) is 14.5 Å². The molecule has 1 heterocycles. The summed E-state index contributed by atoms with van der Waals surface area (Å²) >= 11 is 0. The molecule has 0 unspecified atom stereocenters. The second-order valence-electron chi connectivity index (χ2n) is 10.0. The second-order valence-corrected chi connectivity index (χ2v) is 10.0. The summed E-state index contributed by atoms with van der Waals surface area (Å²) in [6, 6.07) is 14.5. The van der Waals surface area contributed by atoms with Gasteiger partial charge in [-0.15, -0.1) is 0 Å². The molecule has 4 rings (SSSR count). The Labute approximate surface area is 208 Å². The topological polar surface area (TPSA) is 71.1 Å². The van der Waals surface area contributed by atoms with Gasteiger partial charge >= 0.3 is 0 Å². The highest BCUT2D eigenvalue weighted by Gasteiger charge is 2.31. The van der Waals surface area contributed by atoms with Crippen LogP contribution in [0, 0.1) is 11.8 Å². The molecule has 7 nitrogen and oxygen atoms in total.